The molecule has 1 saturated heterocycles. The minimum atomic E-state index is -0.226. The summed E-state index contributed by atoms with van der Waals surface area (Å²) >= 11 is 0. The second kappa shape index (κ2) is 9.28. The quantitative estimate of drug-likeness (QED) is 0.571. The summed E-state index contributed by atoms with van der Waals surface area (Å²) in [5.41, 5.74) is 2.30. The second-order valence-electron chi connectivity index (χ2n) is 9.36. The lowest BCUT2D eigenvalue weighted by atomic mass is 9.88. The Morgan fingerprint density at radius 2 is 1.62 bits per heavy atom. The molecule has 3 aromatic rings. The van der Waals surface area contributed by atoms with Crippen molar-refractivity contribution in [2.45, 2.75) is 51.1 Å². The van der Waals surface area contributed by atoms with Crippen LogP contribution in [-0.2, 0) is 5.54 Å². The molecule has 1 unspecified atom stereocenters. The molecule has 0 radical (unpaired) electrons. The molecule has 32 heavy (non-hydrogen) atoms. The summed E-state index contributed by atoms with van der Waals surface area (Å²) in [5, 5.41) is 12.9. The molecule has 0 bridgehead atoms. The smallest absolute Gasteiger partial charge is 0.173 e. The van der Waals surface area contributed by atoms with Gasteiger partial charge in [-0.05, 0) is 86.3 Å². The molecular weight excluding hydrogens is 402 g/mol. The van der Waals surface area contributed by atoms with Gasteiger partial charge in [0.15, 0.2) is 17.3 Å². The monoisotopic (exact) mass is 435 g/mol. The van der Waals surface area contributed by atoms with Crippen LogP contribution < -0.4 is 9.47 Å². The van der Waals surface area contributed by atoms with E-state index in [0.717, 1.165) is 37.3 Å². The lowest BCUT2D eigenvalue weighted by Crippen LogP contribution is -2.39. The van der Waals surface area contributed by atoms with Gasteiger partial charge < -0.3 is 9.47 Å². The van der Waals surface area contributed by atoms with E-state index in [-0.39, 0.29) is 11.6 Å². The third kappa shape index (κ3) is 4.48. The summed E-state index contributed by atoms with van der Waals surface area (Å²) < 4.78 is 13.0. The molecule has 7 nitrogen and oxygen atoms in total. The minimum absolute atomic E-state index is 0.0687. The molecule has 1 aliphatic heterocycles. The second-order valence-corrected chi connectivity index (χ2v) is 9.36. The number of tetrazole rings is 1. The van der Waals surface area contributed by atoms with Gasteiger partial charge in [-0.1, -0.05) is 36.4 Å². The van der Waals surface area contributed by atoms with Crippen LogP contribution in [-0.4, -0.2) is 52.4 Å². The summed E-state index contributed by atoms with van der Waals surface area (Å²) in [6.07, 6.45) is 2.20. The highest BCUT2D eigenvalue weighted by Gasteiger charge is 2.34. The first-order valence-corrected chi connectivity index (χ1v) is 11.2. The largest absolute Gasteiger partial charge is 0.493 e. The Bertz CT molecular complexity index is 1020. The summed E-state index contributed by atoms with van der Waals surface area (Å²) in [5.74, 6) is 2.86. The van der Waals surface area contributed by atoms with E-state index in [9.17, 15) is 0 Å². The first-order chi connectivity index (χ1) is 15.4. The molecule has 0 spiro atoms. The number of ether oxygens (including phenoxy) is 2. The fourth-order valence-electron chi connectivity index (χ4n) is 4.60. The fourth-order valence-corrected chi connectivity index (χ4v) is 4.60. The molecule has 1 aliphatic rings. The zero-order valence-electron chi connectivity index (χ0n) is 19.7. The van der Waals surface area contributed by atoms with Gasteiger partial charge in [-0.25, -0.2) is 4.68 Å². The molecule has 1 aromatic heterocycles. The van der Waals surface area contributed by atoms with E-state index in [1.165, 1.54) is 5.56 Å². The van der Waals surface area contributed by atoms with Gasteiger partial charge in [0.2, 0.25) is 0 Å². The minimum Gasteiger partial charge on any atom is -0.493 e. The number of hydrogen-bond acceptors (Lipinski definition) is 6. The van der Waals surface area contributed by atoms with Gasteiger partial charge in [-0.2, -0.15) is 0 Å². The van der Waals surface area contributed by atoms with Crippen molar-refractivity contribution in [3.63, 3.8) is 0 Å². The number of methoxy groups -OCH3 is 2. The number of hydrogen-bond donors (Lipinski definition) is 0. The Morgan fingerprint density at radius 1 is 0.938 bits per heavy atom. The van der Waals surface area contributed by atoms with E-state index in [4.69, 9.17) is 9.47 Å². The first-order valence-electron chi connectivity index (χ1n) is 11.2. The van der Waals surface area contributed by atoms with E-state index in [1.807, 2.05) is 10.7 Å². The lowest BCUT2D eigenvalue weighted by Gasteiger charge is -2.38. The van der Waals surface area contributed by atoms with Crippen LogP contribution in [0.1, 0.15) is 62.5 Å². The van der Waals surface area contributed by atoms with Crippen LogP contribution >= 0.6 is 0 Å². The Morgan fingerprint density at radius 3 is 2.25 bits per heavy atom. The number of nitrogens with zero attached hydrogens (tertiary/aromatic N) is 5. The SMILES string of the molecule is COc1ccc(C(c2nnnn2C(C)(C)C)N2CCC(c3ccccc3)CC2)cc1OC. The number of piperidine rings is 1. The van der Waals surface area contributed by atoms with Crippen molar-refractivity contribution < 1.29 is 9.47 Å². The van der Waals surface area contributed by atoms with Gasteiger partial charge in [-0.3, -0.25) is 4.90 Å². The van der Waals surface area contributed by atoms with E-state index in [0.29, 0.717) is 17.4 Å². The Balaban J connectivity index is 1.69. The zero-order chi connectivity index (χ0) is 22.7. The predicted octanol–water partition coefficient (Wildman–Crippen LogP) is 4.41. The fraction of sp³-hybridized carbons (Fsp3) is 0.480. The van der Waals surface area contributed by atoms with Crippen molar-refractivity contribution in [1.29, 1.82) is 0 Å². The van der Waals surface area contributed by atoms with E-state index in [1.54, 1.807) is 14.2 Å². The van der Waals surface area contributed by atoms with E-state index in [2.05, 4.69) is 83.7 Å². The topological polar surface area (TPSA) is 65.3 Å². The van der Waals surface area contributed by atoms with Crippen LogP contribution in [0.2, 0.25) is 0 Å². The molecule has 170 valence electrons. The molecule has 0 saturated carbocycles. The van der Waals surface area contributed by atoms with Crippen LogP contribution in [0.25, 0.3) is 0 Å². The summed E-state index contributed by atoms with van der Waals surface area (Å²) in [6.45, 7) is 8.31. The van der Waals surface area contributed by atoms with Gasteiger partial charge in [0, 0.05) is 0 Å². The molecule has 0 N–H and O–H groups in total. The number of likely N-dealkylation sites (tertiary alicyclic amines) is 1. The molecule has 2 aromatic carbocycles. The Kier molecular flexibility index (Phi) is 6.46. The normalized spacial score (nSPS) is 16.7. The summed E-state index contributed by atoms with van der Waals surface area (Å²) in [7, 11) is 3.32. The van der Waals surface area contributed by atoms with Crippen molar-refractivity contribution in [3.05, 3.63) is 65.5 Å². The van der Waals surface area contributed by atoms with E-state index < -0.39 is 0 Å². The summed E-state index contributed by atoms with van der Waals surface area (Å²) in [6, 6.07) is 16.9. The van der Waals surface area contributed by atoms with Crippen LogP contribution in [0.15, 0.2) is 48.5 Å². The maximum absolute atomic E-state index is 5.60. The predicted molar refractivity (Wildman–Crippen MR) is 124 cm³/mol. The molecule has 1 atom stereocenters. The van der Waals surface area contributed by atoms with Gasteiger partial charge in [0.1, 0.15) is 0 Å². The Hall–Kier alpha value is -2.93. The highest BCUT2D eigenvalue weighted by Crippen LogP contribution is 2.38. The van der Waals surface area contributed by atoms with Gasteiger partial charge in [-0.15, -0.1) is 5.10 Å². The van der Waals surface area contributed by atoms with Crippen molar-refractivity contribution in [1.82, 2.24) is 25.1 Å². The number of aromatic nitrogens is 4. The van der Waals surface area contributed by atoms with Gasteiger partial charge in [0.25, 0.3) is 0 Å². The lowest BCUT2D eigenvalue weighted by molar-refractivity contribution is 0.159. The van der Waals surface area contributed by atoms with Crippen molar-refractivity contribution in [2.75, 3.05) is 27.3 Å². The van der Waals surface area contributed by atoms with Crippen LogP contribution in [0.3, 0.4) is 0 Å². The zero-order valence-corrected chi connectivity index (χ0v) is 19.7. The molecule has 4 rings (SSSR count). The maximum Gasteiger partial charge on any atom is 0.173 e. The molecule has 7 heteroatoms. The van der Waals surface area contributed by atoms with Crippen molar-refractivity contribution in [3.8, 4) is 11.5 Å². The highest BCUT2D eigenvalue weighted by atomic mass is 16.5. The van der Waals surface area contributed by atoms with Crippen molar-refractivity contribution >= 4 is 0 Å². The summed E-state index contributed by atoms with van der Waals surface area (Å²) in [4.78, 5) is 2.49. The van der Waals surface area contributed by atoms with Gasteiger partial charge in [0.05, 0.1) is 25.8 Å². The maximum atomic E-state index is 5.60. The van der Waals surface area contributed by atoms with Gasteiger partial charge >= 0.3 is 0 Å². The number of benzene rings is 2. The molecule has 0 aliphatic carbocycles. The molecule has 0 amide bonds. The standard InChI is InChI=1S/C25H33N5O2/c1-25(2,3)30-24(26-27-28-30)23(20-11-12-21(31-4)22(17-20)32-5)29-15-13-19(14-16-29)18-9-7-6-8-10-18/h6-12,17,19,23H,13-16H2,1-5H3. The Labute approximate surface area is 190 Å². The third-order valence-corrected chi connectivity index (χ3v) is 6.26. The van der Waals surface area contributed by atoms with Crippen LogP contribution in [0.5, 0.6) is 11.5 Å². The van der Waals surface area contributed by atoms with Crippen LogP contribution in [0.4, 0.5) is 0 Å². The average molecular weight is 436 g/mol. The molecule has 2 heterocycles. The van der Waals surface area contributed by atoms with Crippen LogP contribution in [0, 0.1) is 0 Å². The highest BCUT2D eigenvalue weighted by molar-refractivity contribution is 5.45. The number of rotatable bonds is 6. The average Bonchev–Trinajstić information content (AvgIpc) is 3.30. The van der Waals surface area contributed by atoms with Crippen molar-refractivity contribution in [2.24, 2.45) is 0 Å². The molecular formula is C25H33N5O2. The van der Waals surface area contributed by atoms with E-state index >= 15 is 0 Å². The molecule has 1 fully saturated rings. The first kappa shape index (κ1) is 22.3. The third-order valence-electron chi connectivity index (χ3n) is 6.26.